The number of carbonyl (C=O) groups is 2. The zero-order valence-electron chi connectivity index (χ0n) is 17.3. The first-order chi connectivity index (χ1) is 14.5. The van der Waals surface area contributed by atoms with E-state index in [0.717, 1.165) is 23.1 Å². The molecule has 3 heterocycles. The van der Waals surface area contributed by atoms with Gasteiger partial charge in [-0.1, -0.05) is 18.7 Å². The number of hydrogen-bond acceptors (Lipinski definition) is 8. The molecule has 2 N–H and O–H groups in total. The van der Waals surface area contributed by atoms with Gasteiger partial charge in [0.1, 0.15) is 10.6 Å². The van der Waals surface area contributed by atoms with E-state index in [9.17, 15) is 9.59 Å². The van der Waals surface area contributed by atoms with Crippen LogP contribution in [0.4, 0.5) is 10.6 Å². The maximum atomic E-state index is 12.6. The lowest BCUT2D eigenvalue weighted by Gasteiger charge is -2.34. The van der Waals surface area contributed by atoms with Crippen LogP contribution in [0.3, 0.4) is 0 Å². The van der Waals surface area contributed by atoms with Crippen molar-refractivity contribution in [2.24, 2.45) is 5.92 Å². The number of piperazine rings is 1. The molecule has 0 radical (unpaired) electrons. The van der Waals surface area contributed by atoms with E-state index in [1.54, 1.807) is 28.1 Å². The number of thioether (sulfide) groups is 1. The fourth-order valence-corrected chi connectivity index (χ4v) is 6.19. The average Bonchev–Trinajstić information content (AvgIpc) is 3.10. The number of anilines is 1. The van der Waals surface area contributed by atoms with Gasteiger partial charge in [-0.15, -0.1) is 11.3 Å². The van der Waals surface area contributed by atoms with Crippen LogP contribution in [0, 0.1) is 5.92 Å². The van der Waals surface area contributed by atoms with Crippen molar-refractivity contribution < 1.29 is 14.3 Å². The van der Waals surface area contributed by atoms with Crippen molar-refractivity contribution in [2.75, 3.05) is 44.3 Å². The Hall–Kier alpha value is -2.07. The monoisotopic (exact) mass is 449 g/mol. The fraction of sp³-hybridized carbons (Fsp3) is 0.600. The number of fused-ring (bicyclic) bond motifs is 3. The Balaban J connectivity index is 1.37. The largest absolute Gasteiger partial charge is 0.450 e. The van der Waals surface area contributed by atoms with Gasteiger partial charge in [0.05, 0.1) is 17.7 Å². The molecule has 1 saturated heterocycles. The summed E-state index contributed by atoms with van der Waals surface area (Å²) >= 11 is 3.03. The SMILES string of the molecule is CCOC(=O)N1CCN(C(=O)CSc2nc(N)c3c4c(sc3n2)CC(C)CC4)CC1. The molecule has 1 unspecified atom stereocenters. The van der Waals surface area contributed by atoms with Crippen molar-refractivity contribution >= 4 is 51.1 Å². The number of nitrogens with zero attached hydrogens (tertiary/aromatic N) is 4. The van der Waals surface area contributed by atoms with Gasteiger partial charge in [0.25, 0.3) is 0 Å². The third kappa shape index (κ3) is 4.34. The van der Waals surface area contributed by atoms with E-state index in [1.165, 1.54) is 28.6 Å². The van der Waals surface area contributed by atoms with Crippen molar-refractivity contribution in [3.63, 3.8) is 0 Å². The number of ether oxygens (including phenoxy) is 1. The zero-order chi connectivity index (χ0) is 21.3. The molecular weight excluding hydrogens is 422 g/mol. The molecule has 1 fully saturated rings. The third-order valence-corrected chi connectivity index (χ3v) is 7.63. The van der Waals surface area contributed by atoms with Crippen LogP contribution in [0.25, 0.3) is 10.2 Å². The number of hydrogen-bond donors (Lipinski definition) is 1. The summed E-state index contributed by atoms with van der Waals surface area (Å²) in [6, 6.07) is 0. The topological polar surface area (TPSA) is 102 Å². The number of nitrogen functional groups attached to an aromatic ring is 1. The quantitative estimate of drug-likeness (QED) is 0.566. The van der Waals surface area contributed by atoms with E-state index in [4.69, 9.17) is 10.5 Å². The summed E-state index contributed by atoms with van der Waals surface area (Å²) in [6.07, 6.45) is 2.97. The summed E-state index contributed by atoms with van der Waals surface area (Å²) in [5.41, 5.74) is 7.59. The lowest BCUT2D eigenvalue weighted by atomic mass is 9.89. The highest BCUT2D eigenvalue weighted by Crippen LogP contribution is 2.39. The van der Waals surface area contributed by atoms with E-state index in [-0.39, 0.29) is 17.8 Å². The minimum absolute atomic E-state index is 0.0186. The van der Waals surface area contributed by atoms with E-state index in [2.05, 4.69) is 16.9 Å². The minimum Gasteiger partial charge on any atom is -0.450 e. The number of nitrogens with two attached hydrogens (primary N) is 1. The Morgan fingerprint density at radius 2 is 1.97 bits per heavy atom. The van der Waals surface area contributed by atoms with Gasteiger partial charge >= 0.3 is 6.09 Å². The Morgan fingerprint density at radius 1 is 1.23 bits per heavy atom. The molecule has 4 rings (SSSR count). The number of aryl methyl sites for hydroxylation is 1. The Labute approximate surface area is 184 Å². The summed E-state index contributed by atoms with van der Waals surface area (Å²) < 4.78 is 5.02. The molecule has 8 nitrogen and oxygen atoms in total. The van der Waals surface area contributed by atoms with Crippen LogP contribution in [0.2, 0.25) is 0 Å². The van der Waals surface area contributed by atoms with Crippen LogP contribution in [0.5, 0.6) is 0 Å². The van der Waals surface area contributed by atoms with Gasteiger partial charge in [0.2, 0.25) is 5.91 Å². The summed E-state index contributed by atoms with van der Waals surface area (Å²) in [4.78, 5) is 39.3. The van der Waals surface area contributed by atoms with Crippen LogP contribution in [-0.4, -0.2) is 70.3 Å². The summed E-state index contributed by atoms with van der Waals surface area (Å²) in [5, 5.41) is 1.55. The van der Waals surface area contributed by atoms with Crippen molar-refractivity contribution in [2.45, 2.75) is 38.3 Å². The molecule has 0 aromatic carbocycles. The molecule has 1 aliphatic carbocycles. The Bertz CT molecular complexity index is 956. The normalized spacial score (nSPS) is 19.1. The van der Waals surface area contributed by atoms with Crippen LogP contribution >= 0.6 is 23.1 Å². The third-order valence-electron chi connectivity index (χ3n) is 5.65. The van der Waals surface area contributed by atoms with E-state index in [1.807, 2.05) is 0 Å². The summed E-state index contributed by atoms with van der Waals surface area (Å²) in [7, 11) is 0. The molecule has 0 saturated carbocycles. The number of amides is 2. The molecular formula is C20H27N5O3S2. The van der Waals surface area contributed by atoms with Crippen molar-refractivity contribution in [3.8, 4) is 0 Å². The second-order valence-corrected chi connectivity index (χ2v) is 9.80. The molecule has 2 aromatic heterocycles. The molecule has 2 aromatic rings. The highest BCUT2D eigenvalue weighted by atomic mass is 32.2. The first-order valence-electron chi connectivity index (χ1n) is 10.4. The molecule has 1 atom stereocenters. The highest BCUT2D eigenvalue weighted by Gasteiger charge is 2.26. The Kier molecular flexibility index (Phi) is 6.33. The van der Waals surface area contributed by atoms with Gasteiger partial charge in [-0.3, -0.25) is 4.79 Å². The number of rotatable bonds is 4. The maximum absolute atomic E-state index is 12.6. The highest BCUT2D eigenvalue weighted by molar-refractivity contribution is 7.99. The first-order valence-corrected chi connectivity index (χ1v) is 12.2. The average molecular weight is 450 g/mol. The molecule has 10 heteroatoms. The smallest absolute Gasteiger partial charge is 0.409 e. The van der Waals surface area contributed by atoms with Crippen LogP contribution < -0.4 is 5.73 Å². The van der Waals surface area contributed by atoms with E-state index >= 15 is 0 Å². The van der Waals surface area contributed by atoms with Gasteiger partial charge in [0, 0.05) is 31.1 Å². The molecule has 2 amide bonds. The lowest BCUT2D eigenvalue weighted by molar-refractivity contribution is -0.129. The second kappa shape index (κ2) is 8.97. The van der Waals surface area contributed by atoms with Crippen molar-refractivity contribution in [3.05, 3.63) is 10.4 Å². The van der Waals surface area contributed by atoms with Crippen LogP contribution in [0.1, 0.15) is 30.7 Å². The van der Waals surface area contributed by atoms with Gasteiger partial charge in [-0.25, -0.2) is 14.8 Å². The predicted molar refractivity (Wildman–Crippen MR) is 119 cm³/mol. The molecule has 0 bridgehead atoms. The van der Waals surface area contributed by atoms with E-state index in [0.29, 0.717) is 49.7 Å². The number of aromatic nitrogens is 2. The van der Waals surface area contributed by atoms with E-state index < -0.39 is 0 Å². The summed E-state index contributed by atoms with van der Waals surface area (Å²) in [6.45, 7) is 6.42. The first kappa shape index (κ1) is 21.2. The molecule has 1 aliphatic heterocycles. The molecule has 162 valence electrons. The lowest BCUT2D eigenvalue weighted by Crippen LogP contribution is -2.51. The summed E-state index contributed by atoms with van der Waals surface area (Å²) in [5.74, 6) is 1.48. The van der Waals surface area contributed by atoms with Crippen molar-refractivity contribution in [1.29, 1.82) is 0 Å². The van der Waals surface area contributed by atoms with Crippen LogP contribution in [-0.2, 0) is 22.4 Å². The van der Waals surface area contributed by atoms with Crippen molar-refractivity contribution in [1.82, 2.24) is 19.8 Å². The van der Waals surface area contributed by atoms with Gasteiger partial charge in [-0.05, 0) is 37.7 Å². The van der Waals surface area contributed by atoms with Crippen LogP contribution in [0.15, 0.2) is 5.16 Å². The minimum atomic E-state index is -0.316. The molecule has 0 spiro atoms. The second-order valence-electron chi connectivity index (χ2n) is 7.78. The standard InChI is InChI=1S/C20H27N5O3S2/c1-3-28-20(27)25-8-6-24(7-9-25)15(26)11-29-19-22-17(21)16-13-5-4-12(2)10-14(13)30-18(16)23-19/h12H,3-11H2,1-2H3,(H2,21,22,23). The Morgan fingerprint density at radius 3 is 2.70 bits per heavy atom. The van der Waals surface area contributed by atoms with Gasteiger partial charge < -0.3 is 20.3 Å². The molecule has 2 aliphatic rings. The number of carbonyl (C=O) groups excluding carboxylic acids is 2. The predicted octanol–water partition coefficient (Wildman–Crippen LogP) is 2.79. The maximum Gasteiger partial charge on any atom is 0.409 e. The van der Waals surface area contributed by atoms with Gasteiger partial charge in [-0.2, -0.15) is 0 Å². The number of thiophene rings is 1. The van der Waals surface area contributed by atoms with Gasteiger partial charge in [0.15, 0.2) is 5.16 Å². The fourth-order valence-electron chi connectivity index (χ4n) is 3.99. The molecule has 30 heavy (non-hydrogen) atoms. The zero-order valence-corrected chi connectivity index (χ0v) is 19.0.